The number of hydrogen-bond donors (Lipinski definition) is 1. The van der Waals surface area contributed by atoms with Gasteiger partial charge in [0.2, 0.25) is 5.91 Å². The average molecular weight is 288 g/mol. The largest absolute Gasteiger partial charge is 0.341 e. The van der Waals surface area contributed by atoms with Gasteiger partial charge in [-0.3, -0.25) is 14.7 Å². The fraction of sp³-hybridized carbons (Fsp3) is 0.625. The Morgan fingerprint density at radius 2 is 2.14 bits per heavy atom. The van der Waals surface area contributed by atoms with E-state index in [1.54, 1.807) is 6.20 Å². The van der Waals surface area contributed by atoms with E-state index in [9.17, 15) is 4.79 Å². The number of aryl methyl sites for hydroxylation is 1. The van der Waals surface area contributed by atoms with Gasteiger partial charge < -0.3 is 10.2 Å². The molecule has 1 unspecified atom stereocenters. The van der Waals surface area contributed by atoms with Gasteiger partial charge in [0, 0.05) is 63.6 Å². The maximum Gasteiger partial charge on any atom is 0.223 e. The second kappa shape index (κ2) is 7.00. The first-order valence-corrected chi connectivity index (χ1v) is 7.95. The molecule has 3 heterocycles. The molecule has 3 rings (SSSR count). The van der Waals surface area contributed by atoms with Crippen molar-refractivity contribution in [1.29, 1.82) is 0 Å². The number of nitrogens with zero attached hydrogens (tertiary/aromatic N) is 3. The zero-order valence-corrected chi connectivity index (χ0v) is 12.5. The molecule has 0 aromatic carbocycles. The molecule has 1 aromatic rings. The summed E-state index contributed by atoms with van der Waals surface area (Å²) in [5.74, 6) is 0.276. The third-order valence-corrected chi connectivity index (χ3v) is 4.51. The van der Waals surface area contributed by atoms with Gasteiger partial charge >= 0.3 is 0 Å². The van der Waals surface area contributed by atoms with Crippen molar-refractivity contribution in [1.82, 2.24) is 20.1 Å². The summed E-state index contributed by atoms with van der Waals surface area (Å²) in [5.41, 5.74) is 1.00. The molecule has 2 saturated heterocycles. The Bertz CT molecular complexity index is 459. The smallest absolute Gasteiger partial charge is 0.223 e. The van der Waals surface area contributed by atoms with Gasteiger partial charge in [0.25, 0.3) is 0 Å². The Balaban J connectivity index is 1.45. The lowest BCUT2D eigenvalue weighted by atomic mass is 10.2. The van der Waals surface area contributed by atoms with Crippen molar-refractivity contribution < 1.29 is 4.79 Å². The van der Waals surface area contributed by atoms with E-state index in [0.29, 0.717) is 12.5 Å². The molecule has 1 N–H and O–H groups in total. The number of carbonyl (C=O) groups is 1. The predicted octanol–water partition coefficient (Wildman–Crippen LogP) is 0.520. The van der Waals surface area contributed by atoms with Crippen molar-refractivity contribution in [2.45, 2.75) is 25.3 Å². The van der Waals surface area contributed by atoms with Crippen LogP contribution in [-0.4, -0.2) is 66.0 Å². The SMILES string of the molecule is O=C(CCc1ccccn1)N1CCC(N2CCNCC2)C1. The van der Waals surface area contributed by atoms with E-state index in [4.69, 9.17) is 0 Å². The van der Waals surface area contributed by atoms with Crippen molar-refractivity contribution in [2.75, 3.05) is 39.3 Å². The lowest BCUT2D eigenvalue weighted by Gasteiger charge is -2.32. The van der Waals surface area contributed by atoms with Crippen molar-refractivity contribution in [2.24, 2.45) is 0 Å². The molecule has 2 aliphatic rings. The minimum atomic E-state index is 0.276. The van der Waals surface area contributed by atoms with E-state index in [1.807, 2.05) is 23.1 Å². The zero-order chi connectivity index (χ0) is 14.5. The summed E-state index contributed by atoms with van der Waals surface area (Å²) in [4.78, 5) is 21.2. The van der Waals surface area contributed by atoms with E-state index >= 15 is 0 Å². The van der Waals surface area contributed by atoms with Crippen LogP contribution in [0.25, 0.3) is 0 Å². The maximum absolute atomic E-state index is 12.3. The molecule has 1 atom stereocenters. The molecule has 0 radical (unpaired) electrons. The van der Waals surface area contributed by atoms with Crippen molar-refractivity contribution in [3.8, 4) is 0 Å². The van der Waals surface area contributed by atoms with Gasteiger partial charge in [-0.2, -0.15) is 0 Å². The van der Waals surface area contributed by atoms with Crippen LogP contribution < -0.4 is 5.32 Å². The molecule has 0 bridgehead atoms. The molecular formula is C16H24N4O. The van der Waals surface area contributed by atoms with Gasteiger partial charge in [-0.15, -0.1) is 0 Å². The molecule has 0 aliphatic carbocycles. The topological polar surface area (TPSA) is 48.5 Å². The van der Waals surface area contributed by atoms with Crippen LogP contribution >= 0.6 is 0 Å². The summed E-state index contributed by atoms with van der Waals surface area (Å²) in [7, 11) is 0. The van der Waals surface area contributed by atoms with Crippen LogP contribution in [0, 0.1) is 0 Å². The first kappa shape index (κ1) is 14.5. The Morgan fingerprint density at radius 1 is 1.29 bits per heavy atom. The Morgan fingerprint density at radius 3 is 2.90 bits per heavy atom. The minimum Gasteiger partial charge on any atom is -0.341 e. The van der Waals surface area contributed by atoms with Gasteiger partial charge in [-0.1, -0.05) is 6.07 Å². The van der Waals surface area contributed by atoms with Crippen molar-refractivity contribution >= 4 is 5.91 Å². The number of hydrogen-bond acceptors (Lipinski definition) is 4. The van der Waals surface area contributed by atoms with Gasteiger partial charge in [0.15, 0.2) is 0 Å². The Kier molecular flexibility index (Phi) is 4.83. The van der Waals surface area contributed by atoms with E-state index in [1.165, 1.54) is 0 Å². The number of amides is 1. The number of likely N-dealkylation sites (tertiary alicyclic amines) is 1. The second-order valence-corrected chi connectivity index (χ2v) is 5.89. The predicted molar refractivity (Wildman–Crippen MR) is 82.0 cm³/mol. The highest BCUT2D eigenvalue weighted by Crippen LogP contribution is 2.17. The maximum atomic E-state index is 12.3. The molecular weight excluding hydrogens is 264 g/mol. The third kappa shape index (κ3) is 3.80. The summed E-state index contributed by atoms with van der Waals surface area (Å²) >= 11 is 0. The lowest BCUT2D eigenvalue weighted by Crippen LogP contribution is -2.49. The highest BCUT2D eigenvalue weighted by Gasteiger charge is 2.30. The summed E-state index contributed by atoms with van der Waals surface area (Å²) in [6.07, 6.45) is 4.23. The van der Waals surface area contributed by atoms with Crippen molar-refractivity contribution in [3.05, 3.63) is 30.1 Å². The summed E-state index contributed by atoms with van der Waals surface area (Å²) in [5, 5.41) is 3.38. The Hall–Kier alpha value is -1.46. The number of carbonyl (C=O) groups excluding carboxylic acids is 1. The molecule has 21 heavy (non-hydrogen) atoms. The standard InChI is InChI=1S/C16H24N4O/c21-16(5-4-14-3-1-2-7-18-14)20-10-6-15(13-20)19-11-8-17-9-12-19/h1-3,7,15,17H,4-6,8-13H2. The third-order valence-electron chi connectivity index (χ3n) is 4.51. The summed E-state index contributed by atoms with van der Waals surface area (Å²) < 4.78 is 0. The van der Waals surface area contributed by atoms with E-state index in [2.05, 4.69) is 15.2 Å². The van der Waals surface area contributed by atoms with E-state index in [0.717, 1.165) is 57.8 Å². The van der Waals surface area contributed by atoms with Gasteiger partial charge in [0.1, 0.15) is 0 Å². The number of nitrogens with one attached hydrogen (secondary N) is 1. The van der Waals surface area contributed by atoms with Crippen molar-refractivity contribution in [3.63, 3.8) is 0 Å². The van der Waals surface area contributed by atoms with Crippen LogP contribution in [0.2, 0.25) is 0 Å². The molecule has 0 saturated carbocycles. The van der Waals surface area contributed by atoms with Crippen LogP contribution in [0.4, 0.5) is 0 Å². The molecule has 2 aliphatic heterocycles. The average Bonchev–Trinajstić information content (AvgIpc) is 3.04. The second-order valence-electron chi connectivity index (χ2n) is 5.89. The lowest BCUT2D eigenvalue weighted by molar-refractivity contribution is -0.130. The molecule has 2 fully saturated rings. The molecule has 5 nitrogen and oxygen atoms in total. The first-order chi connectivity index (χ1) is 10.3. The van der Waals surface area contributed by atoms with Crippen LogP contribution in [0.15, 0.2) is 24.4 Å². The van der Waals surface area contributed by atoms with Crippen LogP contribution in [-0.2, 0) is 11.2 Å². The van der Waals surface area contributed by atoms with Gasteiger partial charge in [0.05, 0.1) is 0 Å². The van der Waals surface area contributed by atoms with E-state index in [-0.39, 0.29) is 5.91 Å². The molecule has 1 amide bonds. The van der Waals surface area contributed by atoms with E-state index < -0.39 is 0 Å². The fourth-order valence-corrected chi connectivity index (χ4v) is 3.25. The monoisotopic (exact) mass is 288 g/mol. The molecule has 114 valence electrons. The number of rotatable bonds is 4. The zero-order valence-electron chi connectivity index (χ0n) is 12.5. The number of aromatic nitrogens is 1. The quantitative estimate of drug-likeness (QED) is 0.877. The highest BCUT2D eigenvalue weighted by atomic mass is 16.2. The van der Waals surface area contributed by atoms with Crippen LogP contribution in [0.3, 0.4) is 0 Å². The minimum absolute atomic E-state index is 0.276. The molecule has 0 spiro atoms. The van der Waals surface area contributed by atoms with Gasteiger partial charge in [-0.25, -0.2) is 0 Å². The normalized spacial score (nSPS) is 23.4. The summed E-state index contributed by atoms with van der Waals surface area (Å²) in [6, 6.07) is 6.43. The highest BCUT2D eigenvalue weighted by molar-refractivity contribution is 5.76. The Labute approximate surface area is 126 Å². The number of pyridine rings is 1. The molecule has 5 heteroatoms. The molecule has 1 aromatic heterocycles. The fourth-order valence-electron chi connectivity index (χ4n) is 3.25. The van der Waals surface area contributed by atoms with Crippen LogP contribution in [0.5, 0.6) is 0 Å². The summed E-state index contributed by atoms with van der Waals surface area (Å²) in [6.45, 7) is 6.19. The van der Waals surface area contributed by atoms with Crippen LogP contribution in [0.1, 0.15) is 18.5 Å². The van der Waals surface area contributed by atoms with Gasteiger partial charge in [-0.05, 0) is 25.0 Å². The number of piperazine rings is 1. The first-order valence-electron chi connectivity index (χ1n) is 7.95.